The lowest BCUT2D eigenvalue weighted by atomic mass is 10.1. The number of methoxy groups -OCH3 is 1. The summed E-state index contributed by atoms with van der Waals surface area (Å²) in [5, 5.41) is 3.55. The lowest BCUT2D eigenvalue weighted by Crippen LogP contribution is -2.19. The Kier molecular flexibility index (Phi) is 7.94. The maximum atomic E-state index is 13.5. The maximum absolute atomic E-state index is 13.5. The molecule has 0 spiro atoms. The number of rotatable bonds is 8. The van der Waals surface area contributed by atoms with Crippen molar-refractivity contribution in [2.24, 2.45) is 4.99 Å². The van der Waals surface area contributed by atoms with Crippen molar-refractivity contribution >= 4 is 46.2 Å². The SMILES string of the molecule is CCOc1cc(/C=C2/SC(=Nc3ccc(OC)cc3)NC2=O)cc(Cl)c1OCc1cccc(F)c1. The van der Waals surface area contributed by atoms with Crippen molar-refractivity contribution in [2.45, 2.75) is 13.5 Å². The number of thioether (sulfide) groups is 1. The molecule has 9 heteroatoms. The summed E-state index contributed by atoms with van der Waals surface area (Å²) in [6, 6.07) is 16.8. The number of nitrogens with one attached hydrogen (secondary N) is 1. The van der Waals surface area contributed by atoms with Crippen molar-refractivity contribution in [1.29, 1.82) is 0 Å². The Balaban J connectivity index is 1.54. The molecule has 1 aliphatic heterocycles. The number of amidine groups is 1. The molecule has 1 heterocycles. The number of carbonyl (C=O) groups is 1. The Bertz CT molecular complexity index is 1300. The molecule has 35 heavy (non-hydrogen) atoms. The Hall–Kier alpha value is -3.49. The molecule has 0 saturated carbocycles. The van der Waals surface area contributed by atoms with Crippen LogP contribution in [0.4, 0.5) is 10.1 Å². The lowest BCUT2D eigenvalue weighted by Gasteiger charge is -2.14. The van der Waals surface area contributed by atoms with Crippen LogP contribution in [0.25, 0.3) is 6.08 Å². The molecule has 1 saturated heterocycles. The van der Waals surface area contributed by atoms with Crippen LogP contribution in [0.1, 0.15) is 18.1 Å². The largest absolute Gasteiger partial charge is 0.497 e. The minimum atomic E-state index is -0.341. The quantitative estimate of drug-likeness (QED) is 0.356. The third-order valence-electron chi connectivity index (χ3n) is 4.86. The second-order valence-corrected chi connectivity index (χ2v) is 8.80. The van der Waals surface area contributed by atoms with Crippen molar-refractivity contribution in [1.82, 2.24) is 5.32 Å². The van der Waals surface area contributed by atoms with Gasteiger partial charge in [-0.3, -0.25) is 4.79 Å². The van der Waals surface area contributed by atoms with Crippen LogP contribution in [0.15, 0.2) is 70.6 Å². The van der Waals surface area contributed by atoms with Crippen LogP contribution in [0, 0.1) is 5.82 Å². The van der Waals surface area contributed by atoms with E-state index in [0.717, 1.165) is 5.75 Å². The monoisotopic (exact) mass is 512 g/mol. The van der Waals surface area contributed by atoms with Crippen molar-refractivity contribution in [3.63, 3.8) is 0 Å². The van der Waals surface area contributed by atoms with E-state index in [-0.39, 0.29) is 18.3 Å². The summed E-state index contributed by atoms with van der Waals surface area (Å²) in [5.41, 5.74) is 2.02. The predicted molar refractivity (Wildman–Crippen MR) is 137 cm³/mol. The smallest absolute Gasteiger partial charge is 0.264 e. The van der Waals surface area contributed by atoms with Gasteiger partial charge in [0.05, 0.1) is 29.3 Å². The van der Waals surface area contributed by atoms with Gasteiger partial charge in [-0.05, 0) is 84.4 Å². The van der Waals surface area contributed by atoms with Gasteiger partial charge in [0.15, 0.2) is 16.7 Å². The molecule has 1 fully saturated rings. The normalized spacial score (nSPS) is 15.4. The predicted octanol–water partition coefficient (Wildman–Crippen LogP) is 6.36. The molecule has 6 nitrogen and oxygen atoms in total. The zero-order valence-corrected chi connectivity index (χ0v) is 20.6. The zero-order chi connectivity index (χ0) is 24.8. The van der Waals surface area contributed by atoms with Gasteiger partial charge in [-0.25, -0.2) is 9.38 Å². The molecule has 3 aromatic carbocycles. The summed E-state index contributed by atoms with van der Waals surface area (Å²) < 4.78 is 30.2. The molecule has 0 unspecified atom stereocenters. The van der Waals surface area contributed by atoms with E-state index in [4.69, 9.17) is 25.8 Å². The van der Waals surface area contributed by atoms with E-state index in [1.165, 1.54) is 23.9 Å². The Morgan fingerprint density at radius 2 is 1.91 bits per heavy atom. The van der Waals surface area contributed by atoms with E-state index in [1.54, 1.807) is 61.7 Å². The van der Waals surface area contributed by atoms with E-state index in [1.807, 2.05) is 6.92 Å². The number of nitrogens with zero attached hydrogens (tertiary/aromatic N) is 1. The summed E-state index contributed by atoms with van der Waals surface area (Å²) >= 11 is 7.73. The van der Waals surface area contributed by atoms with Gasteiger partial charge in [-0.1, -0.05) is 23.7 Å². The van der Waals surface area contributed by atoms with Crippen LogP contribution in [-0.4, -0.2) is 24.8 Å². The van der Waals surface area contributed by atoms with Gasteiger partial charge in [0.2, 0.25) is 0 Å². The molecule has 0 aromatic heterocycles. The van der Waals surface area contributed by atoms with Crippen molar-refractivity contribution < 1.29 is 23.4 Å². The summed E-state index contributed by atoms with van der Waals surface area (Å²) in [4.78, 5) is 17.4. The van der Waals surface area contributed by atoms with E-state index < -0.39 is 0 Å². The molecule has 0 atom stereocenters. The van der Waals surface area contributed by atoms with E-state index in [9.17, 15) is 9.18 Å². The van der Waals surface area contributed by atoms with E-state index >= 15 is 0 Å². The third-order valence-corrected chi connectivity index (χ3v) is 6.05. The fraction of sp³-hybridized carbons (Fsp3) is 0.154. The van der Waals surface area contributed by atoms with Crippen LogP contribution in [-0.2, 0) is 11.4 Å². The molecule has 1 amide bonds. The van der Waals surface area contributed by atoms with Gasteiger partial charge >= 0.3 is 0 Å². The maximum Gasteiger partial charge on any atom is 0.264 e. The fourth-order valence-corrected chi connectivity index (χ4v) is 4.38. The van der Waals surface area contributed by atoms with Gasteiger partial charge < -0.3 is 19.5 Å². The zero-order valence-electron chi connectivity index (χ0n) is 19.0. The molecule has 180 valence electrons. The first-order chi connectivity index (χ1) is 16.9. The highest BCUT2D eigenvalue weighted by atomic mass is 35.5. The number of carbonyl (C=O) groups excluding carboxylic acids is 1. The third kappa shape index (κ3) is 6.35. The molecule has 1 aliphatic rings. The molecular formula is C26H22ClFN2O4S. The summed E-state index contributed by atoms with van der Waals surface area (Å²) in [7, 11) is 1.59. The van der Waals surface area contributed by atoms with Crippen molar-refractivity contribution in [3.05, 3.63) is 87.5 Å². The number of halogens is 2. The van der Waals surface area contributed by atoms with Gasteiger partial charge in [-0.2, -0.15) is 0 Å². The second kappa shape index (κ2) is 11.3. The number of hydrogen-bond donors (Lipinski definition) is 1. The molecule has 0 bridgehead atoms. The first kappa shape index (κ1) is 24.6. The number of hydrogen-bond acceptors (Lipinski definition) is 6. The number of ether oxygens (including phenoxy) is 3. The number of amides is 1. The van der Waals surface area contributed by atoms with Crippen molar-refractivity contribution in [2.75, 3.05) is 13.7 Å². The molecule has 3 aromatic rings. The molecule has 4 rings (SSSR count). The average molecular weight is 513 g/mol. The first-order valence-corrected chi connectivity index (χ1v) is 11.9. The Morgan fingerprint density at radius 1 is 1.11 bits per heavy atom. The van der Waals surface area contributed by atoms with Gasteiger partial charge in [0.1, 0.15) is 18.2 Å². The van der Waals surface area contributed by atoms with Crippen LogP contribution in [0.5, 0.6) is 17.2 Å². The average Bonchev–Trinajstić information content (AvgIpc) is 3.17. The molecule has 1 N–H and O–H groups in total. The Labute approximate surface area is 211 Å². The van der Waals surface area contributed by atoms with Crippen molar-refractivity contribution in [3.8, 4) is 17.2 Å². The highest BCUT2D eigenvalue weighted by Gasteiger charge is 2.24. The minimum Gasteiger partial charge on any atom is -0.497 e. The topological polar surface area (TPSA) is 69.2 Å². The summed E-state index contributed by atoms with van der Waals surface area (Å²) in [6.45, 7) is 2.36. The van der Waals surface area contributed by atoms with Crippen LogP contribution < -0.4 is 19.5 Å². The van der Waals surface area contributed by atoms with Crippen LogP contribution in [0.2, 0.25) is 5.02 Å². The number of benzene rings is 3. The standard InChI is InChI=1S/C26H22ClFN2O4S/c1-3-33-22-13-17(12-21(27)24(22)34-15-16-5-4-6-18(28)11-16)14-23-25(31)30-26(35-23)29-19-7-9-20(32-2)10-8-19/h4-14H,3,15H2,1-2H3,(H,29,30,31)/b23-14+. The lowest BCUT2D eigenvalue weighted by molar-refractivity contribution is -0.115. The molecular weight excluding hydrogens is 491 g/mol. The van der Waals surface area contributed by atoms with Crippen LogP contribution >= 0.6 is 23.4 Å². The second-order valence-electron chi connectivity index (χ2n) is 7.36. The molecule has 0 aliphatic carbocycles. The number of aliphatic imine (C=N–C) groups is 1. The van der Waals surface area contributed by atoms with Crippen LogP contribution in [0.3, 0.4) is 0 Å². The molecule has 0 radical (unpaired) electrons. The summed E-state index contributed by atoms with van der Waals surface area (Å²) in [6.07, 6.45) is 1.71. The van der Waals surface area contributed by atoms with Gasteiger partial charge in [0, 0.05) is 0 Å². The first-order valence-electron chi connectivity index (χ1n) is 10.7. The summed E-state index contributed by atoms with van der Waals surface area (Å²) in [5.74, 6) is 0.904. The van der Waals surface area contributed by atoms with E-state index in [2.05, 4.69) is 10.3 Å². The van der Waals surface area contributed by atoms with Gasteiger partial charge in [0.25, 0.3) is 5.91 Å². The van der Waals surface area contributed by atoms with Gasteiger partial charge in [-0.15, -0.1) is 0 Å². The van der Waals surface area contributed by atoms with E-state index in [0.29, 0.717) is 50.0 Å². The highest BCUT2D eigenvalue weighted by molar-refractivity contribution is 8.18. The fourth-order valence-electron chi connectivity index (χ4n) is 3.26. The Morgan fingerprint density at radius 3 is 2.63 bits per heavy atom. The highest BCUT2D eigenvalue weighted by Crippen LogP contribution is 2.39. The minimum absolute atomic E-state index is 0.126.